The van der Waals surface area contributed by atoms with Crippen molar-refractivity contribution in [3.05, 3.63) is 66.1 Å². The van der Waals surface area contributed by atoms with E-state index in [9.17, 15) is 22.4 Å². The summed E-state index contributed by atoms with van der Waals surface area (Å²) >= 11 is 1.06. The number of benzene rings is 2. The van der Waals surface area contributed by atoms with E-state index in [2.05, 4.69) is 14.9 Å². The molecule has 4 aromatic rings. The van der Waals surface area contributed by atoms with Crippen LogP contribution in [0.3, 0.4) is 0 Å². The van der Waals surface area contributed by atoms with Gasteiger partial charge in [0.05, 0.1) is 10.4 Å². The maximum Gasteiger partial charge on any atom is 0.263 e. The number of nitrogens with one attached hydrogen (secondary N) is 1. The number of halogens is 1. The molecule has 10 nitrogen and oxygen atoms in total. The molecule has 1 atom stereocenters. The van der Waals surface area contributed by atoms with E-state index in [0.717, 1.165) is 11.3 Å². The van der Waals surface area contributed by atoms with Crippen LogP contribution < -0.4 is 9.62 Å². The second kappa shape index (κ2) is 10.1. The van der Waals surface area contributed by atoms with Gasteiger partial charge in [-0.25, -0.2) is 12.8 Å². The first-order chi connectivity index (χ1) is 18.2. The van der Waals surface area contributed by atoms with Gasteiger partial charge < -0.3 is 14.4 Å². The third-order valence-corrected chi connectivity index (χ3v) is 8.56. The number of sulfonamides is 1. The topological polar surface area (TPSA) is 118 Å². The van der Waals surface area contributed by atoms with Crippen molar-refractivity contribution < 1.29 is 23.8 Å². The zero-order valence-corrected chi connectivity index (χ0v) is 22.2. The van der Waals surface area contributed by atoms with E-state index in [0.29, 0.717) is 23.1 Å². The molecule has 5 rings (SSSR count). The van der Waals surface area contributed by atoms with Crippen LogP contribution in [0.2, 0.25) is 0 Å². The highest BCUT2D eigenvalue weighted by Gasteiger charge is 2.34. The molecule has 0 bridgehead atoms. The third kappa shape index (κ3) is 4.86. The van der Waals surface area contributed by atoms with Gasteiger partial charge in [0.2, 0.25) is 16.9 Å². The molecule has 2 aromatic carbocycles. The van der Waals surface area contributed by atoms with Crippen LogP contribution in [0.4, 0.5) is 15.2 Å². The van der Waals surface area contributed by atoms with E-state index in [1.165, 1.54) is 33.5 Å². The predicted molar refractivity (Wildman–Crippen MR) is 144 cm³/mol. The Morgan fingerprint density at radius 3 is 2.55 bits per heavy atom. The molecule has 2 amide bonds. The quantitative estimate of drug-likeness (QED) is 0.369. The average Bonchev–Trinajstić information content (AvgIpc) is 3.55. The number of hydrogen-bond acceptors (Lipinski definition) is 7. The fourth-order valence-electron chi connectivity index (χ4n) is 4.64. The lowest BCUT2D eigenvalue weighted by molar-refractivity contribution is -0.140. The Hall–Kier alpha value is -3.84. The lowest BCUT2D eigenvalue weighted by atomic mass is 10.0. The van der Waals surface area contributed by atoms with Crippen molar-refractivity contribution in [3.63, 3.8) is 0 Å². The van der Waals surface area contributed by atoms with Gasteiger partial charge in [-0.05, 0) is 48.4 Å². The summed E-state index contributed by atoms with van der Waals surface area (Å²) < 4.78 is 43.5. The molecule has 1 aliphatic heterocycles. The summed E-state index contributed by atoms with van der Waals surface area (Å²) in [6.07, 6.45) is 1.71. The maximum absolute atomic E-state index is 14.2. The maximum atomic E-state index is 14.2. The molecule has 1 fully saturated rings. The molecule has 0 spiro atoms. The van der Waals surface area contributed by atoms with E-state index in [-0.39, 0.29) is 48.1 Å². The third-order valence-electron chi connectivity index (χ3n) is 6.47. The van der Waals surface area contributed by atoms with Gasteiger partial charge in [0.15, 0.2) is 0 Å². The van der Waals surface area contributed by atoms with E-state index >= 15 is 0 Å². The first kappa shape index (κ1) is 25.8. The number of hydrogen-bond donors (Lipinski definition) is 1. The number of nitrogens with zero attached hydrogens (tertiary/aromatic N) is 5. The van der Waals surface area contributed by atoms with Crippen LogP contribution in [0.1, 0.15) is 21.3 Å². The van der Waals surface area contributed by atoms with Gasteiger partial charge in [-0.1, -0.05) is 31.3 Å². The van der Waals surface area contributed by atoms with E-state index in [1.54, 1.807) is 41.1 Å². The van der Waals surface area contributed by atoms with Crippen molar-refractivity contribution in [3.8, 4) is 0 Å². The normalized spacial score (nSPS) is 15.3. The molecule has 3 heterocycles. The summed E-state index contributed by atoms with van der Waals surface area (Å²) in [5.74, 6) is -0.940. The molecule has 1 aliphatic rings. The van der Waals surface area contributed by atoms with Crippen LogP contribution in [0.15, 0.2) is 65.1 Å². The summed E-state index contributed by atoms with van der Waals surface area (Å²) in [6, 6.07) is 11.8. The number of aromatic nitrogens is 3. The molecule has 0 saturated carbocycles. The van der Waals surface area contributed by atoms with E-state index in [4.69, 9.17) is 0 Å². The van der Waals surface area contributed by atoms with Crippen LogP contribution in [0, 0.1) is 11.7 Å². The van der Waals surface area contributed by atoms with Gasteiger partial charge in [0, 0.05) is 31.8 Å². The molecule has 38 heavy (non-hydrogen) atoms. The van der Waals surface area contributed by atoms with Gasteiger partial charge in [0.1, 0.15) is 23.9 Å². The van der Waals surface area contributed by atoms with Crippen LogP contribution >= 0.6 is 11.3 Å². The highest BCUT2D eigenvalue weighted by atomic mass is 32.2. The molecule has 1 N–H and O–H groups in total. The van der Waals surface area contributed by atoms with E-state index < -0.39 is 16.1 Å². The summed E-state index contributed by atoms with van der Waals surface area (Å²) in [5.41, 5.74) is 2.57. The van der Waals surface area contributed by atoms with Crippen molar-refractivity contribution in [2.45, 2.75) is 24.8 Å². The predicted octanol–water partition coefficient (Wildman–Crippen LogP) is 3.75. The number of carbonyl (C=O) groups is 2. The van der Waals surface area contributed by atoms with Gasteiger partial charge in [-0.3, -0.25) is 14.3 Å². The van der Waals surface area contributed by atoms with Crippen LogP contribution in [-0.2, 0) is 19.6 Å². The smallest absolute Gasteiger partial charge is 0.263 e. The molecule has 1 saturated heterocycles. The Labute approximate surface area is 224 Å². The SMILES string of the molecule is CC(C)[C@@H](C(=O)N1CCN(c2ccc(S(=O)(=O)Nc3nncs3)cc2)C(=O)C1)n1ccc2c(F)cccc21.[HH]. The fraction of sp³-hybridized carbons (Fsp3) is 0.280. The number of piperazine rings is 1. The Morgan fingerprint density at radius 1 is 1.13 bits per heavy atom. The minimum Gasteiger partial charge on any atom is -0.335 e. The van der Waals surface area contributed by atoms with Crippen molar-refractivity contribution in [2.75, 3.05) is 29.3 Å². The minimum atomic E-state index is -3.85. The minimum absolute atomic E-state index is 0. The number of anilines is 2. The molecule has 2 aromatic heterocycles. The standard InChI is InChI=1S/C25H25FN6O4S2.H2/c1-16(2)23(32-11-10-19-20(26)4-3-5-21(19)32)24(34)30-12-13-31(22(33)14-30)17-6-8-18(9-7-17)38(35,36)29-25-28-27-15-37-25;/h3-11,15-16,23H,12-14H2,1-2H3,(H,28,29);1H/t23-;/m0./s1. The van der Waals surface area contributed by atoms with E-state index in [1.807, 2.05) is 13.8 Å². The first-order valence-corrected chi connectivity index (χ1v) is 14.3. The molecular formula is C25H27FN6O4S2. The van der Waals surface area contributed by atoms with Crippen LogP contribution in [-0.4, -0.2) is 59.5 Å². The second-order valence-electron chi connectivity index (χ2n) is 9.23. The Kier molecular flexibility index (Phi) is 6.88. The molecule has 13 heteroatoms. The number of carbonyl (C=O) groups excluding carboxylic acids is 2. The van der Waals surface area contributed by atoms with Crippen LogP contribution in [0.25, 0.3) is 10.9 Å². The van der Waals surface area contributed by atoms with Crippen molar-refractivity contribution in [1.82, 2.24) is 19.7 Å². The van der Waals surface area contributed by atoms with Crippen molar-refractivity contribution in [1.29, 1.82) is 0 Å². The molecule has 0 aliphatic carbocycles. The number of fused-ring (bicyclic) bond motifs is 1. The highest BCUT2D eigenvalue weighted by Crippen LogP contribution is 2.29. The monoisotopic (exact) mass is 558 g/mol. The number of amides is 2. The Balaban J connectivity index is 0.00000353. The number of rotatable bonds is 7. The van der Waals surface area contributed by atoms with Gasteiger partial charge in [-0.2, -0.15) is 0 Å². The van der Waals surface area contributed by atoms with Crippen molar-refractivity contribution >= 4 is 54.9 Å². The lowest BCUT2D eigenvalue weighted by Crippen LogP contribution is -2.54. The molecular weight excluding hydrogens is 531 g/mol. The van der Waals surface area contributed by atoms with Gasteiger partial charge >= 0.3 is 0 Å². The molecule has 200 valence electrons. The first-order valence-electron chi connectivity index (χ1n) is 11.9. The zero-order chi connectivity index (χ0) is 27.0. The molecule has 0 radical (unpaired) electrons. The second-order valence-corrected chi connectivity index (χ2v) is 11.7. The van der Waals surface area contributed by atoms with Gasteiger partial charge in [0.25, 0.3) is 10.0 Å². The highest BCUT2D eigenvalue weighted by molar-refractivity contribution is 7.93. The lowest BCUT2D eigenvalue weighted by Gasteiger charge is -2.37. The molecule has 0 unspecified atom stereocenters. The van der Waals surface area contributed by atoms with Gasteiger partial charge in [-0.15, -0.1) is 10.2 Å². The Morgan fingerprint density at radius 2 is 1.89 bits per heavy atom. The summed E-state index contributed by atoms with van der Waals surface area (Å²) in [6.45, 7) is 4.28. The Bertz CT molecular complexity index is 1590. The average molecular weight is 559 g/mol. The fourth-order valence-corrected chi connectivity index (χ4v) is 6.33. The van der Waals surface area contributed by atoms with Crippen LogP contribution in [0.5, 0.6) is 0 Å². The summed E-state index contributed by atoms with van der Waals surface area (Å²) in [7, 11) is -3.85. The largest absolute Gasteiger partial charge is 0.335 e. The summed E-state index contributed by atoms with van der Waals surface area (Å²) in [5, 5.41) is 7.88. The zero-order valence-electron chi connectivity index (χ0n) is 20.6. The van der Waals surface area contributed by atoms with Crippen molar-refractivity contribution in [2.24, 2.45) is 5.92 Å². The summed E-state index contributed by atoms with van der Waals surface area (Å²) in [4.78, 5) is 29.7.